The summed E-state index contributed by atoms with van der Waals surface area (Å²) in [5, 5.41) is 1.42. The van der Waals surface area contributed by atoms with E-state index in [0.717, 1.165) is 18.8 Å². The molecule has 17 heavy (non-hydrogen) atoms. The van der Waals surface area contributed by atoms with E-state index >= 15 is 0 Å². The van der Waals surface area contributed by atoms with Crippen molar-refractivity contribution in [3.05, 3.63) is 24.3 Å². The molecular formula is C15H26OSi. The van der Waals surface area contributed by atoms with E-state index in [9.17, 15) is 0 Å². The fraction of sp³-hybridized carbons (Fsp3) is 0.600. The van der Waals surface area contributed by atoms with Crippen LogP contribution in [0.25, 0.3) is 0 Å². The molecule has 0 unspecified atom stereocenters. The first kappa shape index (κ1) is 14.3. The Labute approximate surface area is 107 Å². The molecule has 0 fully saturated rings. The second-order valence-electron chi connectivity index (χ2n) is 6.91. The summed E-state index contributed by atoms with van der Waals surface area (Å²) in [6.45, 7) is 14.6. The van der Waals surface area contributed by atoms with Gasteiger partial charge < -0.3 is 4.74 Å². The highest BCUT2D eigenvalue weighted by molar-refractivity contribution is 6.89. The molecule has 96 valence electrons. The molecule has 0 atom stereocenters. The molecular weight excluding hydrogens is 224 g/mol. The largest absolute Gasteiger partial charge is 0.494 e. The Morgan fingerprint density at radius 1 is 1.06 bits per heavy atom. The molecule has 0 heterocycles. The zero-order valence-corrected chi connectivity index (χ0v) is 13.1. The standard InChI is InChI=1S/C15H26OSi/c1-15(2,3)11-12-16-13-9-7-8-10-14(13)17(4,5)6/h7-10H,11-12H2,1-6H3. The predicted molar refractivity (Wildman–Crippen MR) is 79.0 cm³/mol. The average molecular weight is 250 g/mol. The van der Waals surface area contributed by atoms with Crippen LogP contribution in [0.4, 0.5) is 0 Å². The van der Waals surface area contributed by atoms with Gasteiger partial charge in [0.15, 0.2) is 0 Å². The lowest BCUT2D eigenvalue weighted by molar-refractivity contribution is 0.244. The molecule has 1 aromatic carbocycles. The molecule has 1 rings (SSSR count). The molecule has 0 aliphatic rings. The number of benzene rings is 1. The SMILES string of the molecule is CC(C)(C)CCOc1ccccc1[Si](C)(C)C. The number of hydrogen-bond acceptors (Lipinski definition) is 1. The summed E-state index contributed by atoms with van der Waals surface area (Å²) in [7, 11) is -1.30. The van der Waals surface area contributed by atoms with Gasteiger partial charge in [-0.1, -0.05) is 58.6 Å². The van der Waals surface area contributed by atoms with E-state index in [1.54, 1.807) is 0 Å². The molecule has 0 aliphatic carbocycles. The van der Waals surface area contributed by atoms with Crippen LogP contribution in [0, 0.1) is 5.41 Å². The van der Waals surface area contributed by atoms with Crippen molar-refractivity contribution < 1.29 is 4.74 Å². The predicted octanol–water partition coefficient (Wildman–Crippen LogP) is 4.05. The van der Waals surface area contributed by atoms with Crippen LogP contribution in [-0.4, -0.2) is 14.7 Å². The molecule has 1 aromatic rings. The third-order valence-electron chi connectivity index (χ3n) is 2.80. The van der Waals surface area contributed by atoms with Crippen molar-refractivity contribution in [3.8, 4) is 5.75 Å². The first-order valence-electron chi connectivity index (χ1n) is 6.42. The van der Waals surface area contributed by atoms with E-state index in [1.807, 2.05) is 0 Å². The van der Waals surface area contributed by atoms with E-state index in [4.69, 9.17) is 4.74 Å². The zero-order chi connectivity index (χ0) is 13.1. The Kier molecular flexibility index (Phi) is 4.42. The molecule has 0 amide bonds. The van der Waals surface area contributed by atoms with Crippen molar-refractivity contribution in [2.45, 2.75) is 46.8 Å². The quantitative estimate of drug-likeness (QED) is 0.733. The van der Waals surface area contributed by atoms with Gasteiger partial charge >= 0.3 is 0 Å². The molecule has 0 aliphatic heterocycles. The monoisotopic (exact) mass is 250 g/mol. The van der Waals surface area contributed by atoms with Gasteiger partial charge in [-0.3, -0.25) is 0 Å². The van der Waals surface area contributed by atoms with Gasteiger partial charge in [-0.05, 0) is 23.1 Å². The van der Waals surface area contributed by atoms with Gasteiger partial charge in [-0.2, -0.15) is 0 Å². The van der Waals surface area contributed by atoms with Crippen molar-refractivity contribution in [3.63, 3.8) is 0 Å². The Balaban J connectivity index is 2.72. The Hall–Kier alpha value is -0.763. The Morgan fingerprint density at radius 3 is 2.18 bits per heavy atom. The van der Waals surface area contributed by atoms with E-state index in [2.05, 4.69) is 64.7 Å². The average Bonchev–Trinajstić information content (AvgIpc) is 2.15. The highest BCUT2D eigenvalue weighted by Gasteiger charge is 2.20. The van der Waals surface area contributed by atoms with E-state index in [-0.39, 0.29) is 0 Å². The smallest absolute Gasteiger partial charge is 0.118 e. The maximum absolute atomic E-state index is 5.97. The first-order valence-corrected chi connectivity index (χ1v) is 9.92. The Bertz CT molecular complexity index is 358. The molecule has 0 spiro atoms. The van der Waals surface area contributed by atoms with Crippen LogP contribution in [0.15, 0.2) is 24.3 Å². The Morgan fingerprint density at radius 2 is 1.65 bits per heavy atom. The summed E-state index contributed by atoms with van der Waals surface area (Å²) >= 11 is 0. The van der Waals surface area contributed by atoms with Crippen LogP contribution in [0.2, 0.25) is 19.6 Å². The minimum atomic E-state index is -1.30. The fourth-order valence-corrected chi connectivity index (χ4v) is 3.17. The second-order valence-corrected chi connectivity index (χ2v) is 11.9. The number of rotatable bonds is 4. The van der Waals surface area contributed by atoms with Gasteiger partial charge in [-0.25, -0.2) is 0 Å². The van der Waals surface area contributed by atoms with Gasteiger partial charge in [0.05, 0.1) is 14.7 Å². The van der Waals surface area contributed by atoms with Gasteiger partial charge in [0.25, 0.3) is 0 Å². The maximum atomic E-state index is 5.97. The number of hydrogen-bond donors (Lipinski definition) is 0. The zero-order valence-electron chi connectivity index (χ0n) is 12.1. The number of ether oxygens (including phenoxy) is 1. The highest BCUT2D eigenvalue weighted by atomic mass is 28.3. The summed E-state index contributed by atoms with van der Waals surface area (Å²) in [4.78, 5) is 0. The van der Waals surface area contributed by atoms with Gasteiger partial charge in [0, 0.05) is 0 Å². The van der Waals surface area contributed by atoms with E-state index in [0.29, 0.717) is 5.41 Å². The van der Waals surface area contributed by atoms with E-state index < -0.39 is 8.07 Å². The molecule has 1 nitrogen and oxygen atoms in total. The minimum Gasteiger partial charge on any atom is -0.494 e. The van der Waals surface area contributed by atoms with Crippen LogP contribution in [0.5, 0.6) is 5.75 Å². The van der Waals surface area contributed by atoms with Crippen molar-refractivity contribution in [2.75, 3.05) is 6.61 Å². The van der Waals surface area contributed by atoms with Crippen molar-refractivity contribution in [1.29, 1.82) is 0 Å². The second kappa shape index (κ2) is 5.26. The topological polar surface area (TPSA) is 9.23 Å². The van der Waals surface area contributed by atoms with Crippen molar-refractivity contribution >= 4 is 13.3 Å². The molecule has 0 saturated heterocycles. The van der Waals surface area contributed by atoms with Gasteiger partial charge in [-0.15, -0.1) is 0 Å². The molecule has 0 saturated carbocycles. The van der Waals surface area contributed by atoms with Crippen LogP contribution < -0.4 is 9.92 Å². The minimum absolute atomic E-state index is 0.341. The molecule has 0 aromatic heterocycles. The number of para-hydroxylation sites is 1. The van der Waals surface area contributed by atoms with Crippen LogP contribution in [0.3, 0.4) is 0 Å². The third kappa shape index (κ3) is 4.94. The van der Waals surface area contributed by atoms with Gasteiger partial charge in [0.1, 0.15) is 5.75 Å². The van der Waals surface area contributed by atoms with Crippen LogP contribution in [-0.2, 0) is 0 Å². The summed E-state index contributed by atoms with van der Waals surface area (Å²) < 4.78 is 5.97. The lowest BCUT2D eigenvalue weighted by atomic mass is 9.93. The lowest BCUT2D eigenvalue weighted by Gasteiger charge is -2.23. The molecule has 0 radical (unpaired) electrons. The van der Waals surface area contributed by atoms with Crippen molar-refractivity contribution in [1.82, 2.24) is 0 Å². The highest BCUT2D eigenvalue weighted by Crippen LogP contribution is 2.20. The van der Waals surface area contributed by atoms with Crippen LogP contribution >= 0.6 is 0 Å². The summed E-state index contributed by atoms with van der Waals surface area (Å²) in [5.41, 5.74) is 0.341. The maximum Gasteiger partial charge on any atom is 0.118 e. The fourth-order valence-electron chi connectivity index (χ4n) is 1.68. The summed E-state index contributed by atoms with van der Waals surface area (Å²) in [6.07, 6.45) is 1.09. The summed E-state index contributed by atoms with van der Waals surface area (Å²) in [6, 6.07) is 8.51. The van der Waals surface area contributed by atoms with Crippen molar-refractivity contribution in [2.24, 2.45) is 5.41 Å². The molecule has 0 N–H and O–H groups in total. The van der Waals surface area contributed by atoms with Crippen LogP contribution in [0.1, 0.15) is 27.2 Å². The third-order valence-corrected chi connectivity index (χ3v) is 4.83. The normalized spacial score (nSPS) is 12.6. The molecule has 0 bridgehead atoms. The molecule has 2 heteroatoms. The lowest BCUT2D eigenvalue weighted by Crippen LogP contribution is -2.38. The summed E-state index contributed by atoms with van der Waals surface area (Å²) in [5.74, 6) is 1.09. The van der Waals surface area contributed by atoms with Gasteiger partial charge in [0.2, 0.25) is 0 Å². The first-order chi connectivity index (χ1) is 7.70. The van der Waals surface area contributed by atoms with E-state index in [1.165, 1.54) is 5.19 Å².